The van der Waals surface area contributed by atoms with Gasteiger partial charge in [0.2, 0.25) is 0 Å². The van der Waals surface area contributed by atoms with Crippen LogP contribution in [0.4, 0.5) is 0 Å². The van der Waals surface area contributed by atoms with Crippen LogP contribution in [0.15, 0.2) is 48.5 Å². The van der Waals surface area contributed by atoms with Gasteiger partial charge < -0.3 is 0 Å². The van der Waals surface area contributed by atoms with Crippen LogP contribution in [0.5, 0.6) is 0 Å². The lowest BCUT2D eigenvalue weighted by atomic mass is 9.81. The quantitative estimate of drug-likeness (QED) is 0.455. The minimum atomic E-state index is -0.0898. The molecule has 3 aromatic rings. The molecule has 1 unspecified atom stereocenters. The van der Waals surface area contributed by atoms with Gasteiger partial charge in [0.05, 0.1) is 0 Å². The van der Waals surface area contributed by atoms with E-state index < -0.39 is 0 Å². The third kappa shape index (κ3) is 5.33. The van der Waals surface area contributed by atoms with E-state index in [4.69, 9.17) is 15.0 Å². The highest BCUT2D eigenvalue weighted by molar-refractivity contribution is 5.30. The lowest BCUT2D eigenvalue weighted by Crippen LogP contribution is -2.25. The van der Waals surface area contributed by atoms with Crippen molar-refractivity contribution in [2.75, 3.05) is 0 Å². The Morgan fingerprint density at radius 2 is 1.47 bits per heavy atom. The molecule has 0 amide bonds. The maximum Gasteiger partial charge on any atom is 0.0496 e. The van der Waals surface area contributed by atoms with Gasteiger partial charge in [-0.25, -0.2) is 0 Å². The largest absolute Gasteiger partial charge is 0.258 e. The van der Waals surface area contributed by atoms with E-state index in [9.17, 15) is 0 Å². The highest BCUT2D eigenvalue weighted by atomic mass is 14.8. The van der Waals surface area contributed by atoms with Crippen molar-refractivity contribution >= 4 is 0 Å². The highest BCUT2D eigenvalue weighted by Crippen LogP contribution is 2.30. The van der Waals surface area contributed by atoms with Crippen molar-refractivity contribution in [1.82, 2.24) is 15.0 Å². The van der Waals surface area contributed by atoms with E-state index >= 15 is 0 Å². The van der Waals surface area contributed by atoms with Gasteiger partial charge in [0.15, 0.2) is 0 Å². The number of pyridine rings is 3. The van der Waals surface area contributed by atoms with Gasteiger partial charge in [0.25, 0.3) is 0 Å². The number of aryl methyl sites for hydroxylation is 2. The molecule has 3 rings (SSSR count). The number of hydrogen-bond donors (Lipinski definition) is 0. The van der Waals surface area contributed by atoms with E-state index in [1.165, 1.54) is 11.3 Å². The molecule has 3 heterocycles. The van der Waals surface area contributed by atoms with Crippen molar-refractivity contribution in [3.63, 3.8) is 0 Å². The van der Waals surface area contributed by atoms with E-state index in [0.29, 0.717) is 11.8 Å². The second-order valence-electron chi connectivity index (χ2n) is 9.55. The maximum absolute atomic E-state index is 5.13. The molecule has 3 aromatic heterocycles. The molecule has 0 aliphatic heterocycles. The molecule has 1 atom stereocenters. The molecule has 0 aromatic carbocycles. The first kappa shape index (κ1) is 22.1. The zero-order valence-corrected chi connectivity index (χ0v) is 19.5. The van der Waals surface area contributed by atoms with Crippen molar-refractivity contribution in [1.29, 1.82) is 0 Å². The van der Waals surface area contributed by atoms with Gasteiger partial charge in [-0.1, -0.05) is 52.8 Å². The Bertz CT molecular complexity index is 1000. The summed E-state index contributed by atoms with van der Waals surface area (Å²) in [7, 11) is 0. The zero-order valence-electron chi connectivity index (χ0n) is 19.5. The van der Waals surface area contributed by atoms with Gasteiger partial charge in [-0.05, 0) is 62.1 Å². The molecule has 30 heavy (non-hydrogen) atoms. The van der Waals surface area contributed by atoms with Crippen LogP contribution in [0.1, 0.15) is 86.2 Å². The lowest BCUT2D eigenvalue weighted by molar-refractivity contribution is 0.491. The number of nitrogens with zero attached hydrogens (tertiary/aromatic N) is 3. The summed E-state index contributed by atoms with van der Waals surface area (Å²) in [6, 6.07) is 17.0. The first-order chi connectivity index (χ1) is 14.2. The molecule has 0 N–H and O–H groups in total. The Kier molecular flexibility index (Phi) is 6.70. The van der Waals surface area contributed by atoms with Crippen molar-refractivity contribution in [2.45, 2.75) is 78.6 Å². The van der Waals surface area contributed by atoms with Gasteiger partial charge >= 0.3 is 0 Å². The highest BCUT2D eigenvalue weighted by Gasteiger charge is 2.26. The zero-order chi connectivity index (χ0) is 21.9. The van der Waals surface area contributed by atoms with Crippen molar-refractivity contribution in [3.05, 3.63) is 88.3 Å². The molecular formula is C27H35N3. The molecule has 0 radical (unpaired) electrons. The summed E-state index contributed by atoms with van der Waals surface area (Å²) in [6.45, 7) is 15.4. The monoisotopic (exact) mass is 401 g/mol. The Morgan fingerprint density at radius 1 is 0.767 bits per heavy atom. The molecule has 0 fully saturated rings. The van der Waals surface area contributed by atoms with Crippen LogP contribution in [0.25, 0.3) is 0 Å². The molecule has 3 nitrogen and oxygen atoms in total. The molecule has 158 valence electrons. The molecule has 3 heteroatoms. The molecule has 0 aliphatic rings. The average Bonchev–Trinajstić information content (AvgIpc) is 2.69. The predicted octanol–water partition coefficient (Wildman–Crippen LogP) is 6.48. The van der Waals surface area contributed by atoms with E-state index in [2.05, 4.69) is 84.0 Å². The molecule has 0 saturated carbocycles. The first-order valence-corrected chi connectivity index (χ1v) is 11.0. The second kappa shape index (κ2) is 9.07. The minimum Gasteiger partial charge on any atom is -0.258 e. The third-order valence-corrected chi connectivity index (χ3v) is 5.77. The molecule has 0 saturated heterocycles. The Morgan fingerprint density at radius 3 is 2.17 bits per heavy atom. The van der Waals surface area contributed by atoms with Crippen molar-refractivity contribution in [3.8, 4) is 0 Å². The third-order valence-electron chi connectivity index (χ3n) is 5.77. The van der Waals surface area contributed by atoms with Gasteiger partial charge in [-0.2, -0.15) is 0 Å². The van der Waals surface area contributed by atoms with Crippen LogP contribution in [0.3, 0.4) is 0 Å². The summed E-state index contributed by atoms with van der Waals surface area (Å²) >= 11 is 0. The summed E-state index contributed by atoms with van der Waals surface area (Å²) < 4.78 is 0. The topological polar surface area (TPSA) is 38.7 Å². The predicted molar refractivity (Wildman–Crippen MR) is 125 cm³/mol. The average molecular weight is 402 g/mol. The van der Waals surface area contributed by atoms with Crippen LogP contribution < -0.4 is 0 Å². The van der Waals surface area contributed by atoms with Crippen LogP contribution in [0, 0.1) is 13.8 Å². The number of rotatable bonds is 7. The summed E-state index contributed by atoms with van der Waals surface area (Å²) in [5, 5.41) is 0. The molecule has 0 aliphatic carbocycles. The Balaban J connectivity index is 1.83. The van der Waals surface area contributed by atoms with Crippen LogP contribution in [-0.4, -0.2) is 15.0 Å². The summed E-state index contributed by atoms with van der Waals surface area (Å²) in [6.07, 6.45) is 1.76. The van der Waals surface area contributed by atoms with E-state index in [0.717, 1.165) is 41.3 Å². The van der Waals surface area contributed by atoms with Crippen molar-refractivity contribution < 1.29 is 0 Å². The lowest BCUT2D eigenvalue weighted by Gasteiger charge is -2.27. The smallest absolute Gasteiger partial charge is 0.0496 e. The molecule has 0 spiro atoms. The Labute approximate surface area is 182 Å². The van der Waals surface area contributed by atoms with Gasteiger partial charge in [0.1, 0.15) is 0 Å². The van der Waals surface area contributed by atoms with Gasteiger partial charge in [-0.3, -0.25) is 15.0 Å². The van der Waals surface area contributed by atoms with Crippen LogP contribution >= 0.6 is 0 Å². The standard InChI is InChI=1S/C27H35N3/c1-18(2)24-12-9-11-23(29-24)17-27(6,7)26-19(3)14-15-22(30-26)16-20(4)25-13-8-10-21(5)28-25/h8-15,18,20H,16-17H2,1-7H3. The summed E-state index contributed by atoms with van der Waals surface area (Å²) in [4.78, 5) is 14.7. The molecular weight excluding hydrogens is 366 g/mol. The summed E-state index contributed by atoms with van der Waals surface area (Å²) in [5.74, 6) is 0.772. The van der Waals surface area contributed by atoms with E-state index in [1.54, 1.807) is 0 Å². The molecule has 0 bridgehead atoms. The van der Waals surface area contributed by atoms with Gasteiger partial charge in [0, 0.05) is 51.9 Å². The van der Waals surface area contributed by atoms with E-state index in [-0.39, 0.29) is 5.41 Å². The fourth-order valence-electron chi connectivity index (χ4n) is 4.08. The second-order valence-corrected chi connectivity index (χ2v) is 9.55. The minimum absolute atomic E-state index is 0.0898. The fourth-order valence-corrected chi connectivity index (χ4v) is 4.08. The summed E-state index contributed by atoms with van der Waals surface area (Å²) in [5.41, 5.74) is 7.93. The SMILES string of the molecule is Cc1cccc(C(C)Cc2ccc(C)c(C(C)(C)Cc3cccc(C(C)C)n3)n2)n1. The number of hydrogen-bond acceptors (Lipinski definition) is 3. The van der Waals surface area contributed by atoms with Crippen LogP contribution in [0.2, 0.25) is 0 Å². The van der Waals surface area contributed by atoms with Crippen molar-refractivity contribution in [2.24, 2.45) is 0 Å². The normalized spacial score (nSPS) is 12.9. The number of aromatic nitrogens is 3. The van der Waals surface area contributed by atoms with Gasteiger partial charge in [-0.15, -0.1) is 0 Å². The van der Waals surface area contributed by atoms with E-state index in [1.807, 2.05) is 13.0 Å². The van der Waals surface area contributed by atoms with Crippen LogP contribution in [-0.2, 0) is 18.3 Å². The fraction of sp³-hybridized carbons (Fsp3) is 0.444. The first-order valence-electron chi connectivity index (χ1n) is 11.0. The maximum atomic E-state index is 5.13. The Hall–Kier alpha value is -2.55.